The van der Waals surface area contributed by atoms with Gasteiger partial charge in [-0.1, -0.05) is 12.1 Å². The van der Waals surface area contributed by atoms with E-state index in [1.807, 2.05) is 31.3 Å². The van der Waals surface area contributed by atoms with Gasteiger partial charge in [0, 0.05) is 24.2 Å². The highest BCUT2D eigenvalue weighted by Crippen LogP contribution is 2.32. The Kier molecular flexibility index (Phi) is 5.67. The summed E-state index contributed by atoms with van der Waals surface area (Å²) in [7, 11) is 3.61. The Morgan fingerprint density at radius 2 is 2.28 bits per heavy atom. The van der Waals surface area contributed by atoms with Crippen molar-refractivity contribution in [3.8, 4) is 16.3 Å². The van der Waals surface area contributed by atoms with E-state index in [-0.39, 0.29) is 11.8 Å². The first kappa shape index (κ1) is 17.8. The molecule has 1 aromatic heterocycles. The lowest BCUT2D eigenvalue weighted by Gasteiger charge is -2.32. The first-order valence-electron chi connectivity index (χ1n) is 8.31. The fourth-order valence-corrected chi connectivity index (χ4v) is 3.88. The minimum Gasteiger partial charge on any atom is -0.496 e. The Hall–Kier alpha value is -1.96. The van der Waals surface area contributed by atoms with Crippen molar-refractivity contribution >= 4 is 17.2 Å². The zero-order valence-electron chi connectivity index (χ0n) is 14.4. The van der Waals surface area contributed by atoms with Crippen LogP contribution in [-0.2, 0) is 11.3 Å². The van der Waals surface area contributed by atoms with E-state index in [2.05, 4.69) is 15.2 Å². The summed E-state index contributed by atoms with van der Waals surface area (Å²) < 4.78 is 5.37. The van der Waals surface area contributed by atoms with Crippen LogP contribution >= 0.6 is 11.3 Å². The molecular formula is C18H23N3O3S. The molecular weight excluding hydrogens is 338 g/mol. The molecule has 25 heavy (non-hydrogen) atoms. The molecule has 1 aliphatic rings. The average molecular weight is 361 g/mol. The maximum absolute atomic E-state index is 12.4. The lowest BCUT2D eigenvalue weighted by molar-refractivity contribution is -0.131. The highest BCUT2D eigenvalue weighted by Gasteiger charge is 2.31. The molecule has 2 heterocycles. The Morgan fingerprint density at radius 3 is 3.08 bits per heavy atom. The number of amides is 1. The second-order valence-electron chi connectivity index (χ2n) is 6.27. The molecule has 2 aromatic rings. The van der Waals surface area contributed by atoms with Gasteiger partial charge in [-0.2, -0.15) is 0 Å². The molecule has 2 N–H and O–H groups in total. The van der Waals surface area contributed by atoms with Gasteiger partial charge in [0.2, 0.25) is 5.91 Å². The zero-order valence-corrected chi connectivity index (χ0v) is 15.3. The van der Waals surface area contributed by atoms with Gasteiger partial charge in [0.15, 0.2) is 0 Å². The molecule has 1 fully saturated rings. The minimum absolute atomic E-state index is 0.105. The molecule has 134 valence electrons. The van der Waals surface area contributed by atoms with Crippen LogP contribution in [0.2, 0.25) is 0 Å². The number of carbonyl (C=O) groups is 1. The van der Waals surface area contributed by atoms with Gasteiger partial charge in [0.05, 0.1) is 31.2 Å². The van der Waals surface area contributed by atoms with E-state index in [4.69, 9.17) is 4.74 Å². The van der Waals surface area contributed by atoms with Crippen LogP contribution < -0.4 is 10.1 Å². The number of likely N-dealkylation sites (tertiary alicyclic amines) is 1. The summed E-state index contributed by atoms with van der Waals surface area (Å²) >= 11 is 1.53. The summed E-state index contributed by atoms with van der Waals surface area (Å²) in [5, 5.41) is 13.8. The van der Waals surface area contributed by atoms with E-state index >= 15 is 0 Å². The number of nitrogens with one attached hydrogen (secondary N) is 1. The monoisotopic (exact) mass is 361 g/mol. The van der Waals surface area contributed by atoms with Gasteiger partial charge in [0.1, 0.15) is 10.8 Å². The topological polar surface area (TPSA) is 74.7 Å². The molecule has 3 rings (SSSR count). The highest BCUT2D eigenvalue weighted by molar-refractivity contribution is 7.15. The number of rotatable bonds is 5. The number of aliphatic hydroxyl groups excluding tert-OH is 1. The van der Waals surface area contributed by atoms with Crippen molar-refractivity contribution in [3.05, 3.63) is 35.3 Å². The maximum Gasteiger partial charge on any atom is 0.227 e. The van der Waals surface area contributed by atoms with Gasteiger partial charge in [-0.3, -0.25) is 4.79 Å². The van der Waals surface area contributed by atoms with E-state index < -0.39 is 6.10 Å². The van der Waals surface area contributed by atoms with Crippen LogP contribution in [0.4, 0.5) is 0 Å². The summed E-state index contributed by atoms with van der Waals surface area (Å²) in [4.78, 5) is 19.9. The number of hydrogen-bond acceptors (Lipinski definition) is 6. The SMILES string of the molecule is COc1ccccc1-c1ncc(CNC(=O)[C@@H]2CN(C)CC[C@H]2O)s1. The van der Waals surface area contributed by atoms with Gasteiger partial charge < -0.3 is 20.1 Å². The molecule has 0 spiro atoms. The number of piperidine rings is 1. The molecule has 6 nitrogen and oxygen atoms in total. The van der Waals surface area contributed by atoms with Crippen molar-refractivity contribution < 1.29 is 14.6 Å². The maximum atomic E-state index is 12.4. The largest absolute Gasteiger partial charge is 0.496 e. The van der Waals surface area contributed by atoms with E-state index in [9.17, 15) is 9.90 Å². The van der Waals surface area contributed by atoms with Crippen molar-refractivity contribution in [3.63, 3.8) is 0 Å². The van der Waals surface area contributed by atoms with Gasteiger partial charge in [-0.25, -0.2) is 4.98 Å². The van der Waals surface area contributed by atoms with Crippen LogP contribution in [0.15, 0.2) is 30.5 Å². The minimum atomic E-state index is -0.568. The molecule has 0 unspecified atom stereocenters. The summed E-state index contributed by atoms with van der Waals surface area (Å²) in [6, 6.07) is 7.73. The van der Waals surface area contributed by atoms with Crippen molar-refractivity contribution in [2.45, 2.75) is 19.1 Å². The first-order chi connectivity index (χ1) is 12.1. The van der Waals surface area contributed by atoms with Gasteiger partial charge in [-0.15, -0.1) is 11.3 Å². The molecule has 0 saturated carbocycles. The fourth-order valence-electron chi connectivity index (χ4n) is 3.00. The van der Waals surface area contributed by atoms with Crippen LogP contribution in [0.3, 0.4) is 0 Å². The molecule has 1 amide bonds. The molecule has 0 bridgehead atoms. The van der Waals surface area contributed by atoms with Crippen molar-refractivity contribution in [2.75, 3.05) is 27.2 Å². The van der Waals surface area contributed by atoms with Crippen molar-refractivity contribution in [1.29, 1.82) is 0 Å². The van der Waals surface area contributed by atoms with Gasteiger partial charge in [0.25, 0.3) is 0 Å². The number of benzene rings is 1. The number of aromatic nitrogens is 1. The van der Waals surface area contributed by atoms with E-state index in [0.29, 0.717) is 19.5 Å². The van der Waals surface area contributed by atoms with Crippen LogP contribution in [-0.4, -0.2) is 54.2 Å². The predicted molar refractivity (Wildman–Crippen MR) is 97.6 cm³/mol. The molecule has 1 aromatic carbocycles. The third kappa shape index (κ3) is 4.18. The molecule has 0 radical (unpaired) electrons. The summed E-state index contributed by atoms with van der Waals surface area (Å²) in [5.41, 5.74) is 0.942. The third-order valence-corrected chi connectivity index (χ3v) is 5.47. The lowest BCUT2D eigenvalue weighted by atomic mass is 9.94. The zero-order chi connectivity index (χ0) is 17.8. The Balaban J connectivity index is 1.63. The third-order valence-electron chi connectivity index (χ3n) is 4.44. The second-order valence-corrected chi connectivity index (χ2v) is 7.39. The Bertz CT molecular complexity index is 734. The number of methoxy groups -OCH3 is 1. The highest BCUT2D eigenvalue weighted by atomic mass is 32.1. The summed E-state index contributed by atoms with van der Waals surface area (Å²) in [6.07, 6.45) is 1.84. The smallest absolute Gasteiger partial charge is 0.227 e. The second kappa shape index (κ2) is 7.95. The average Bonchev–Trinajstić information content (AvgIpc) is 3.10. The van der Waals surface area contributed by atoms with Gasteiger partial charge in [-0.05, 0) is 25.6 Å². The van der Waals surface area contributed by atoms with Crippen LogP contribution in [0, 0.1) is 5.92 Å². The molecule has 7 heteroatoms. The molecule has 1 saturated heterocycles. The predicted octanol–water partition coefficient (Wildman–Crippen LogP) is 1.75. The van der Waals surface area contributed by atoms with E-state index in [1.54, 1.807) is 13.3 Å². The normalized spacial score (nSPS) is 21.1. The standard InChI is InChI=1S/C18H23N3O3S/c1-21-8-7-15(22)14(11-21)17(23)19-9-12-10-20-18(25-12)13-5-3-4-6-16(13)24-2/h3-6,10,14-15,22H,7-9,11H2,1-2H3,(H,19,23)/t14-,15-/m1/s1. The fraction of sp³-hybridized carbons (Fsp3) is 0.444. The van der Waals surface area contributed by atoms with E-state index in [1.165, 1.54) is 11.3 Å². The number of ether oxygens (including phenoxy) is 1. The number of carbonyl (C=O) groups excluding carboxylic acids is 1. The number of aliphatic hydroxyl groups is 1. The number of para-hydroxylation sites is 1. The first-order valence-corrected chi connectivity index (χ1v) is 9.12. The number of hydrogen-bond donors (Lipinski definition) is 2. The van der Waals surface area contributed by atoms with Crippen molar-refractivity contribution in [2.24, 2.45) is 5.92 Å². The molecule has 2 atom stereocenters. The van der Waals surface area contributed by atoms with E-state index in [0.717, 1.165) is 27.7 Å². The van der Waals surface area contributed by atoms with Crippen LogP contribution in [0.1, 0.15) is 11.3 Å². The molecule has 1 aliphatic heterocycles. The summed E-state index contributed by atoms with van der Waals surface area (Å²) in [5.74, 6) is 0.299. The molecule has 0 aliphatic carbocycles. The number of nitrogens with zero attached hydrogens (tertiary/aromatic N) is 2. The number of thiazole rings is 1. The van der Waals surface area contributed by atoms with Crippen molar-refractivity contribution in [1.82, 2.24) is 15.2 Å². The van der Waals surface area contributed by atoms with Crippen LogP contribution in [0.5, 0.6) is 5.75 Å². The Morgan fingerprint density at radius 1 is 1.48 bits per heavy atom. The Labute approximate surface area is 151 Å². The van der Waals surface area contributed by atoms with Crippen LogP contribution in [0.25, 0.3) is 10.6 Å². The van der Waals surface area contributed by atoms with Gasteiger partial charge >= 0.3 is 0 Å². The summed E-state index contributed by atoms with van der Waals surface area (Å²) in [6.45, 7) is 1.82. The quantitative estimate of drug-likeness (QED) is 0.849. The lowest BCUT2D eigenvalue weighted by Crippen LogP contribution is -2.48.